The number of halogens is 1. The van der Waals surface area contributed by atoms with E-state index in [1.165, 1.54) is 6.07 Å². The first-order chi connectivity index (χ1) is 14.2. The molecule has 5 nitrogen and oxygen atoms in total. The van der Waals surface area contributed by atoms with Gasteiger partial charge in [0.1, 0.15) is 11.9 Å². The number of nitriles is 1. The van der Waals surface area contributed by atoms with E-state index >= 15 is 0 Å². The van der Waals surface area contributed by atoms with E-state index in [1.807, 2.05) is 12.1 Å². The normalized spacial score (nSPS) is 19.6. The second-order valence-electron chi connectivity index (χ2n) is 7.79. The van der Waals surface area contributed by atoms with Gasteiger partial charge in [-0.2, -0.15) is 5.26 Å². The average Bonchev–Trinajstić information content (AvgIpc) is 2.71. The first-order valence-electron chi connectivity index (χ1n) is 10.1. The van der Waals surface area contributed by atoms with Crippen LogP contribution < -0.4 is 10.2 Å². The molecule has 2 aliphatic rings. The summed E-state index contributed by atoms with van der Waals surface area (Å²) in [5, 5.41) is 12.4. The van der Waals surface area contributed by atoms with Crippen LogP contribution in [0.25, 0.3) is 11.1 Å². The van der Waals surface area contributed by atoms with Crippen molar-refractivity contribution < 1.29 is 13.9 Å². The molecule has 2 heterocycles. The molecule has 2 aliphatic heterocycles. The van der Waals surface area contributed by atoms with Gasteiger partial charge in [0.05, 0.1) is 24.9 Å². The molecule has 1 N–H and O–H groups in total. The van der Waals surface area contributed by atoms with Crippen LogP contribution in [0.15, 0.2) is 36.4 Å². The summed E-state index contributed by atoms with van der Waals surface area (Å²) in [6.07, 6.45) is 0.959. The van der Waals surface area contributed by atoms with Crippen LogP contribution in [0, 0.1) is 23.1 Å². The smallest absolute Gasteiger partial charge is 0.141 e. The Morgan fingerprint density at radius 2 is 2.14 bits per heavy atom. The Morgan fingerprint density at radius 3 is 2.83 bits per heavy atom. The van der Waals surface area contributed by atoms with Gasteiger partial charge in [0.2, 0.25) is 0 Å². The summed E-state index contributed by atoms with van der Waals surface area (Å²) in [7, 11) is 1.73. The molecular formula is C23H26FN3O2. The van der Waals surface area contributed by atoms with E-state index in [0.29, 0.717) is 5.92 Å². The molecule has 152 valence electrons. The van der Waals surface area contributed by atoms with Crippen molar-refractivity contribution >= 4 is 5.69 Å². The third-order valence-corrected chi connectivity index (χ3v) is 5.63. The molecule has 0 bridgehead atoms. The lowest BCUT2D eigenvalue weighted by Gasteiger charge is -2.42. The highest BCUT2D eigenvalue weighted by Gasteiger charge is 2.29. The molecule has 1 atom stereocenters. The quantitative estimate of drug-likeness (QED) is 0.815. The maximum absolute atomic E-state index is 14.3. The molecule has 29 heavy (non-hydrogen) atoms. The highest BCUT2D eigenvalue weighted by atomic mass is 19.1. The van der Waals surface area contributed by atoms with Gasteiger partial charge in [-0.1, -0.05) is 12.1 Å². The predicted molar refractivity (Wildman–Crippen MR) is 110 cm³/mol. The van der Waals surface area contributed by atoms with Crippen LogP contribution in [0.2, 0.25) is 0 Å². The molecule has 0 amide bonds. The van der Waals surface area contributed by atoms with Gasteiger partial charge in [-0.05, 0) is 41.8 Å². The molecule has 2 aromatic rings. The van der Waals surface area contributed by atoms with E-state index in [1.54, 1.807) is 13.2 Å². The standard InChI is InChI=1S/C23H26FN3O2/c1-28-15-17-13-27(14-17)23-5-2-16(8-20-12-26-6-7-29-20)9-21(23)18-3-4-19(11-25)22(24)10-18/h2-5,9-10,17,20,26H,6-8,12-15H2,1H3. The zero-order valence-electron chi connectivity index (χ0n) is 16.7. The van der Waals surface area contributed by atoms with Gasteiger partial charge in [-0.15, -0.1) is 0 Å². The van der Waals surface area contributed by atoms with Crippen molar-refractivity contribution in [3.8, 4) is 17.2 Å². The minimum Gasteiger partial charge on any atom is -0.384 e. The number of anilines is 1. The second-order valence-corrected chi connectivity index (χ2v) is 7.79. The molecular weight excluding hydrogens is 369 g/mol. The maximum atomic E-state index is 14.3. The molecule has 0 aromatic heterocycles. The number of ether oxygens (including phenoxy) is 2. The van der Waals surface area contributed by atoms with Crippen molar-refractivity contribution in [1.82, 2.24) is 5.32 Å². The molecule has 0 saturated carbocycles. The molecule has 0 spiro atoms. The van der Waals surface area contributed by atoms with E-state index in [2.05, 4.69) is 28.4 Å². The van der Waals surface area contributed by atoms with E-state index in [-0.39, 0.29) is 11.7 Å². The lowest BCUT2D eigenvalue weighted by Crippen LogP contribution is -2.48. The summed E-state index contributed by atoms with van der Waals surface area (Å²) in [6, 6.07) is 13.1. The first kappa shape index (κ1) is 19.8. The molecule has 2 aromatic carbocycles. The topological polar surface area (TPSA) is 57.5 Å². The van der Waals surface area contributed by atoms with Crippen LogP contribution in [0.5, 0.6) is 0 Å². The zero-order chi connectivity index (χ0) is 20.2. The molecule has 1 unspecified atom stereocenters. The summed E-state index contributed by atoms with van der Waals surface area (Å²) in [5.74, 6) is 0.0361. The van der Waals surface area contributed by atoms with Gasteiger partial charge >= 0.3 is 0 Å². The maximum Gasteiger partial charge on any atom is 0.141 e. The minimum absolute atomic E-state index is 0.0669. The van der Waals surface area contributed by atoms with Crippen molar-refractivity contribution in [3.05, 3.63) is 53.3 Å². The van der Waals surface area contributed by atoms with Crippen molar-refractivity contribution in [3.63, 3.8) is 0 Å². The molecule has 0 aliphatic carbocycles. The number of hydrogen-bond donors (Lipinski definition) is 1. The highest BCUT2D eigenvalue weighted by Crippen LogP contribution is 2.36. The van der Waals surface area contributed by atoms with Crippen LogP contribution in [-0.4, -0.2) is 52.6 Å². The van der Waals surface area contributed by atoms with Crippen molar-refractivity contribution in [2.24, 2.45) is 5.92 Å². The number of benzene rings is 2. The van der Waals surface area contributed by atoms with Gasteiger partial charge in [-0.3, -0.25) is 0 Å². The van der Waals surface area contributed by atoms with Gasteiger partial charge in [-0.25, -0.2) is 4.39 Å². The van der Waals surface area contributed by atoms with E-state index in [4.69, 9.17) is 14.7 Å². The third kappa shape index (κ3) is 4.43. The third-order valence-electron chi connectivity index (χ3n) is 5.63. The molecule has 2 saturated heterocycles. The van der Waals surface area contributed by atoms with E-state index in [9.17, 15) is 4.39 Å². The largest absolute Gasteiger partial charge is 0.384 e. The lowest BCUT2D eigenvalue weighted by molar-refractivity contribution is 0.0292. The number of nitrogens with zero attached hydrogens (tertiary/aromatic N) is 2. The summed E-state index contributed by atoms with van der Waals surface area (Å²) >= 11 is 0. The molecule has 0 radical (unpaired) electrons. The Hall–Kier alpha value is -2.46. The monoisotopic (exact) mass is 395 g/mol. The number of nitrogens with one attached hydrogen (secondary N) is 1. The highest BCUT2D eigenvalue weighted by molar-refractivity contribution is 5.80. The Kier molecular flexibility index (Phi) is 6.10. The van der Waals surface area contributed by atoms with Crippen LogP contribution in [-0.2, 0) is 15.9 Å². The molecule has 4 rings (SSSR count). The lowest BCUT2D eigenvalue weighted by atomic mass is 9.93. The van der Waals surface area contributed by atoms with Gasteiger partial charge < -0.3 is 19.7 Å². The Balaban J connectivity index is 1.64. The van der Waals surface area contributed by atoms with Gasteiger partial charge in [0, 0.05) is 50.5 Å². The number of hydrogen-bond acceptors (Lipinski definition) is 5. The molecule has 2 fully saturated rings. The van der Waals surface area contributed by atoms with Crippen LogP contribution in [0.3, 0.4) is 0 Å². The number of rotatable bonds is 6. The van der Waals surface area contributed by atoms with Crippen LogP contribution >= 0.6 is 0 Å². The Labute approximate surface area is 171 Å². The number of methoxy groups -OCH3 is 1. The number of morpholine rings is 1. The first-order valence-corrected chi connectivity index (χ1v) is 10.1. The fourth-order valence-corrected chi connectivity index (χ4v) is 4.11. The van der Waals surface area contributed by atoms with Crippen LogP contribution in [0.1, 0.15) is 11.1 Å². The fraction of sp³-hybridized carbons (Fsp3) is 0.435. The summed E-state index contributed by atoms with van der Waals surface area (Å²) in [5.41, 5.74) is 4.10. The van der Waals surface area contributed by atoms with Crippen molar-refractivity contribution in [2.75, 3.05) is 51.4 Å². The van der Waals surface area contributed by atoms with Crippen molar-refractivity contribution in [2.45, 2.75) is 12.5 Å². The van der Waals surface area contributed by atoms with Crippen LogP contribution in [0.4, 0.5) is 10.1 Å². The predicted octanol–water partition coefficient (Wildman–Crippen LogP) is 2.98. The summed E-state index contributed by atoms with van der Waals surface area (Å²) in [4.78, 5) is 2.30. The molecule has 6 heteroatoms. The Morgan fingerprint density at radius 1 is 1.28 bits per heavy atom. The van der Waals surface area contributed by atoms with Gasteiger partial charge in [0.15, 0.2) is 0 Å². The van der Waals surface area contributed by atoms with E-state index in [0.717, 1.165) is 68.2 Å². The zero-order valence-corrected chi connectivity index (χ0v) is 16.7. The van der Waals surface area contributed by atoms with E-state index < -0.39 is 5.82 Å². The minimum atomic E-state index is -0.484. The summed E-state index contributed by atoms with van der Waals surface area (Å²) < 4.78 is 25.4. The van der Waals surface area contributed by atoms with Crippen molar-refractivity contribution in [1.29, 1.82) is 5.26 Å². The summed E-state index contributed by atoms with van der Waals surface area (Å²) in [6.45, 7) is 5.06. The van der Waals surface area contributed by atoms with Gasteiger partial charge in [0.25, 0.3) is 0 Å². The average molecular weight is 395 g/mol. The Bertz CT molecular complexity index is 899. The fourth-order valence-electron chi connectivity index (χ4n) is 4.11. The second kappa shape index (κ2) is 8.91. The SMILES string of the molecule is COCC1CN(c2ccc(CC3CNCCO3)cc2-c2ccc(C#N)c(F)c2)C1.